The molecular formula is C16H29NOS. The minimum Gasteiger partial charge on any atom is -0.326 e. The van der Waals surface area contributed by atoms with E-state index in [1.54, 1.807) is 0 Å². The molecule has 4 rings (SSSR count). The number of hydrogen-bond acceptors (Lipinski definition) is 2. The van der Waals surface area contributed by atoms with E-state index >= 15 is 0 Å². The molecule has 0 aromatic heterocycles. The molecule has 0 aromatic carbocycles. The highest BCUT2D eigenvalue weighted by Gasteiger charge is 2.53. The third-order valence-electron chi connectivity index (χ3n) is 5.89. The highest BCUT2D eigenvalue weighted by molar-refractivity contribution is 7.86. The summed E-state index contributed by atoms with van der Waals surface area (Å²) >= 11 is 0. The van der Waals surface area contributed by atoms with Crippen LogP contribution in [-0.2, 0) is 10.8 Å². The Balaban J connectivity index is 1.73. The second kappa shape index (κ2) is 4.56. The van der Waals surface area contributed by atoms with Crippen LogP contribution >= 0.6 is 0 Å². The summed E-state index contributed by atoms with van der Waals surface area (Å²) in [6.45, 7) is 6.19. The molecule has 2 nitrogen and oxygen atoms in total. The lowest BCUT2D eigenvalue weighted by Gasteiger charge is -2.59. The zero-order valence-electron chi connectivity index (χ0n) is 12.7. The van der Waals surface area contributed by atoms with E-state index in [-0.39, 0.29) is 10.8 Å². The lowest BCUT2D eigenvalue weighted by Crippen LogP contribution is -2.56. The van der Waals surface area contributed by atoms with Gasteiger partial charge in [0.2, 0.25) is 0 Å². The van der Waals surface area contributed by atoms with Gasteiger partial charge in [-0.1, -0.05) is 0 Å². The van der Waals surface area contributed by atoms with E-state index in [0.29, 0.717) is 11.2 Å². The Morgan fingerprint density at radius 1 is 1.11 bits per heavy atom. The van der Waals surface area contributed by atoms with Crippen LogP contribution < -0.4 is 5.73 Å². The number of nitrogens with two attached hydrogens (primary N) is 1. The van der Waals surface area contributed by atoms with Crippen LogP contribution in [0, 0.1) is 23.2 Å². The smallest absolute Gasteiger partial charge is 0.0397 e. The molecule has 19 heavy (non-hydrogen) atoms. The summed E-state index contributed by atoms with van der Waals surface area (Å²) < 4.78 is 12.3. The van der Waals surface area contributed by atoms with Crippen molar-refractivity contribution in [1.82, 2.24) is 0 Å². The van der Waals surface area contributed by atoms with E-state index in [9.17, 15) is 4.21 Å². The van der Waals surface area contributed by atoms with Gasteiger partial charge in [-0.25, -0.2) is 0 Å². The summed E-state index contributed by atoms with van der Waals surface area (Å²) in [7, 11) is -0.805. The summed E-state index contributed by atoms with van der Waals surface area (Å²) in [5.41, 5.74) is 6.92. The third kappa shape index (κ3) is 2.53. The third-order valence-corrected chi connectivity index (χ3v) is 7.91. The van der Waals surface area contributed by atoms with Gasteiger partial charge in [-0.2, -0.15) is 0 Å². The molecule has 0 amide bonds. The van der Waals surface area contributed by atoms with Gasteiger partial charge >= 0.3 is 0 Å². The molecular weight excluding hydrogens is 254 g/mol. The standard InChI is InChI=1S/C16H29NOS/c1-15(2,3)19(18)10-14(17)16-7-11-4-12(8-16)6-13(5-11)9-16/h11-14H,4-10,17H2,1-3H3. The Hall–Kier alpha value is 0.110. The van der Waals surface area contributed by atoms with Crippen molar-refractivity contribution in [3.8, 4) is 0 Å². The average Bonchev–Trinajstić information content (AvgIpc) is 2.25. The van der Waals surface area contributed by atoms with Crippen LogP contribution in [0.4, 0.5) is 0 Å². The van der Waals surface area contributed by atoms with Gasteiger partial charge in [0, 0.05) is 27.3 Å². The fraction of sp³-hybridized carbons (Fsp3) is 1.00. The quantitative estimate of drug-likeness (QED) is 0.865. The van der Waals surface area contributed by atoms with E-state index < -0.39 is 10.8 Å². The molecule has 3 heteroatoms. The van der Waals surface area contributed by atoms with Crippen molar-refractivity contribution in [2.24, 2.45) is 28.9 Å². The van der Waals surface area contributed by atoms with Crippen molar-refractivity contribution < 1.29 is 4.21 Å². The molecule has 2 N–H and O–H groups in total. The minimum absolute atomic E-state index is 0.125. The number of rotatable bonds is 3. The maximum Gasteiger partial charge on any atom is 0.0397 e. The molecule has 4 bridgehead atoms. The summed E-state index contributed by atoms with van der Waals surface area (Å²) in [6.07, 6.45) is 8.32. The molecule has 4 saturated carbocycles. The summed E-state index contributed by atoms with van der Waals surface area (Å²) in [6, 6.07) is 0.154. The van der Waals surface area contributed by atoms with Crippen LogP contribution in [0.1, 0.15) is 59.3 Å². The molecule has 0 aliphatic heterocycles. The second-order valence-electron chi connectivity index (χ2n) is 8.51. The first kappa shape index (κ1) is 14.1. The Kier molecular flexibility index (Phi) is 3.37. The van der Waals surface area contributed by atoms with Crippen LogP contribution in [0.25, 0.3) is 0 Å². The zero-order chi connectivity index (χ0) is 13.8. The zero-order valence-corrected chi connectivity index (χ0v) is 13.5. The maximum atomic E-state index is 12.4. The molecule has 4 aliphatic carbocycles. The van der Waals surface area contributed by atoms with Crippen LogP contribution in [0.3, 0.4) is 0 Å². The van der Waals surface area contributed by atoms with E-state index in [2.05, 4.69) is 20.8 Å². The number of hydrogen-bond donors (Lipinski definition) is 1. The first-order valence-corrected chi connectivity index (χ1v) is 9.24. The minimum atomic E-state index is -0.805. The maximum absolute atomic E-state index is 12.4. The van der Waals surface area contributed by atoms with Gasteiger partial charge in [0.05, 0.1) is 0 Å². The molecule has 0 radical (unpaired) electrons. The summed E-state index contributed by atoms with van der Waals surface area (Å²) in [5.74, 6) is 3.50. The van der Waals surface area contributed by atoms with Crippen LogP contribution in [0.2, 0.25) is 0 Å². The molecule has 110 valence electrons. The van der Waals surface area contributed by atoms with E-state index in [4.69, 9.17) is 5.73 Å². The van der Waals surface area contributed by atoms with Crippen molar-refractivity contribution >= 4 is 10.8 Å². The lowest BCUT2D eigenvalue weighted by molar-refractivity contribution is -0.0631. The Morgan fingerprint density at radius 3 is 1.89 bits per heavy atom. The fourth-order valence-electron chi connectivity index (χ4n) is 5.22. The van der Waals surface area contributed by atoms with Gasteiger partial charge in [0.25, 0.3) is 0 Å². The van der Waals surface area contributed by atoms with Gasteiger partial charge in [-0.3, -0.25) is 4.21 Å². The molecule has 2 atom stereocenters. The molecule has 4 fully saturated rings. The molecule has 0 saturated heterocycles. The predicted molar refractivity (Wildman–Crippen MR) is 81.3 cm³/mol. The topological polar surface area (TPSA) is 43.1 Å². The molecule has 2 unspecified atom stereocenters. The Labute approximate surface area is 120 Å². The first-order chi connectivity index (χ1) is 8.78. The fourth-order valence-corrected chi connectivity index (χ4v) is 6.40. The van der Waals surface area contributed by atoms with Crippen LogP contribution in [0.15, 0.2) is 0 Å². The highest BCUT2D eigenvalue weighted by Crippen LogP contribution is 2.61. The molecule has 0 aromatic rings. The van der Waals surface area contributed by atoms with Crippen LogP contribution in [0.5, 0.6) is 0 Å². The van der Waals surface area contributed by atoms with Gasteiger partial charge < -0.3 is 5.73 Å². The van der Waals surface area contributed by atoms with E-state index in [0.717, 1.165) is 17.8 Å². The lowest BCUT2D eigenvalue weighted by atomic mass is 9.48. The Morgan fingerprint density at radius 2 is 1.53 bits per heavy atom. The van der Waals surface area contributed by atoms with Gasteiger partial charge in [-0.15, -0.1) is 0 Å². The predicted octanol–water partition coefficient (Wildman–Crippen LogP) is 3.08. The summed E-state index contributed by atoms with van der Waals surface area (Å²) in [5, 5.41) is 0. The van der Waals surface area contributed by atoms with Gasteiger partial charge in [-0.05, 0) is 82.5 Å². The average molecular weight is 283 g/mol. The van der Waals surface area contributed by atoms with Crippen molar-refractivity contribution in [2.75, 3.05) is 5.75 Å². The van der Waals surface area contributed by atoms with Gasteiger partial charge in [0.1, 0.15) is 0 Å². The van der Waals surface area contributed by atoms with Crippen molar-refractivity contribution in [3.05, 3.63) is 0 Å². The van der Waals surface area contributed by atoms with E-state index in [1.165, 1.54) is 38.5 Å². The van der Waals surface area contributed by atoms with Gasteiger partial charge in [0.15, 0.2) is 0 Å². The van der Waals surface area contributed by atoms with Crippen molar-refractivity contribution in [1.29, 1.82) is 0 Å². The molecule has 0 spiro atoms. The largest absolute Gasteiger partial charge is 0.326 e. The van der Waals surface area contributed by atoms with Crippen LogP contribution in [-0.4, -0.2) is 20.8 Å². The van der Waals surface area contributed by atoms with Crippen molar-refractivity contribution in [3.63, 3.8) is 0 Å². The second-order valence-corrected chi connectivity index (χ2v) is 10.8. The van der Waals surface area contributed by atoms with E-state index in [1.807, 2.05) is 0 Å². The molecule has 0 heterocycles. The monoisotopic (exact) mass is 283 g/mol. The summed E-state index contributed by atoms with van der Waals surface area (Å²) in [4.78, 5) is 0. The Bertz CT molecular complexity index is 349. The highest BCUT2D eigenvalue weighted by atomic mass is 32.2. The SMILES string of the molecule is CC(C)(C)S(=O)CC(N)C12CC3CC(CC(C3)C1)C2. The first-order valence-electron chi connectivity index (χ1n) is 7.92. The molecule has 4 aliphatic rings. The normalized spacial score (nSPS) is 44.3. The van der Waals surface area contributed by atoms with Crippen molar-refractivity contribution in [2.45, 2.75) is 70.1 Å².